The molecule has 0 aromatic carbocycles. The van der Waals surface area contributed by atoms with Crippen molar-refractivity contribution in [1.82, 2.24) is 39.9 Å². The number of hydrogen-bond donors (Lipinski definition) is 0. The molecule has 0 aliphatic carbocycles. The van der Waals surface area contributed by atoms with E-state index in [1.54, 1.807) is 26.2 Å². The van der Waals surface area contributed by atoms with Crippen molar-refractivity contribution in [2.24, 2.45) is 7.05 Å². The summed E-state index contributed by atoms with van der Waals surface area (Å²) in [6.45, 7) is 11.5. The predicted octanol–water partition coefficient (Wildman–Crippen LogP) is 5.05. The second-order valence-corrected chi connectivity index (χ2v) is 11.1. The minimum Gasteiger partial charge on any atom is -0.471 e. The van der Waals surface area contributed by atoms with Crippen LogP contribution in [0.1, 0.15) is 60.3 Å². The highest BCUT2D eigenvalue weighted by atomic mass is 19.4. The van der Waals surface area contributed by atoms with Crippen molar-refractivity contribution >= 4 is 11.0 Å². The van der Waals surface area contributed by atoms with Gasteiger partial charge in [0, 0.05) is 19.3 Å². The van der Waals surface area contributed by atoms with Crippen LogP contribution < -0.4 is 18.9 Å². The first kappa shape index (κ1) is 29.7. The lowest BCUT2D eigenvalue weighted by molar-refractivity contribution is -0.154. The third kappa shape index (κ3) is 7.89. The van der Waals surface area contributed by atoms with E-state index >= 15 is 0 Å². The summed E-state index contributed by atoms with van der Waals surface area (Å²) in [5, 5.41) is 13.6. The molecule has 4 aromatic rings. The summed E-state index contributed by atoms with van der Waals surface area (Å²) in [5.74, 6) is 0.231. The van der Waals surface area contributed by atoms with Gasteiger partial charge >= 0.3 is 12.2 Å². The summed E-state index contributed by atoms with van der Waals surface area (Å²) in [4.78, 5) is 16.7. The largest absolute Gasteiger partial charge is 0.471 e. The van der Waals surface area contributed by atoms with E-state index in [-0.39, 0.29) is 23.7 Å². The zero-order valence-corrected chi connectivity index (χ0v) is 23.9. The Labute approximate surface area is 234 Å². The van der Waals surface area contributed by atoms with E-state index in [4.69, 9.17) is 18.9 Å². The Bertz CT molecular complexity index is 1530. The highest BCUT2D eigenvalue weighted by Crippen LogP contribution is 2.34. The lowest BCUT2D eigenvalue weighted by Crippen LogP contribution is -2.26. The fourth-order valence-electron chi connectivity index (χ4n) is 3.49. The first-order chi connectivity index (χ1) is 19.0. The average molecular weight is 577 g/mol. The monoisotopic (exact) mass is 576 g/mol. The van der Waals surface area contributed by atoms with Crippen molar-refractivity contribution < 1.29 is 32.1 Å². The molecular formula is C26H31F3N8O4. The topological polar surface area (TPSA) is 132 Å². The summed E-state index contributed by atoms with van der Waals surface area (Å²) < 4.78 is 61.9. The highest BCUT2D eigenvalue weighted by molar-refractivity contribution is 5.85. The first-order valence-corrected chi connectivity index (χ1v) is 12.6. The molecule has 220 valence electrons. The van der Waals surface area contributed by atoms with Crippen LogP contribution in [0.25, 0.3) is 22.3 Å². The Kier molecular flexibility index (Phi) is 7.91. The third-order valence-electron chi connectivity index (χ3n) is 5.11. The predicted molar refractivity (Wildman–Crippen MR) is 141 cm³/mol. The van der Waals surface area contributed by atoms with Crippen LogP contribution in [-0.2, 0) is 7.05 Å². The molecule has 4 aromatic heterocycles. The van der Waals surface area contributed by atoms with Crippen molar-refractivity contribution in [3.05, 3.63) is 30.4 Å². The van der Waals surface area contributed by atoms with Gasteiger partial charge in [-0.3, -0.25) is 0 Å². The Morgan fingerprint density at radius 2 is 1.61 bits per heavy atom. The minimum atomic E-state index is -4.50. The molecule has 12 nitrogen and oxygen atoms in total. The molecule has 1 unspecified atom stereocenters. The van der Waals surface area contributed by atoms with Gasteiger partial charge < -0.3 is 18.9 Å². The smallest absolute Gasteiger partial charge is 0.422 e. The van der Waals surface area contributed by atoms with Crippen LogP contribution in [0.5, 0.6) is 23.7 Å². The van der Waals surface area contributed by atoms with E-state index in [0.29, 0.717) is 28.0 Å². The van der Waals surface area contributed by atoms with Crippen LogP contribution in [0.3, 0.4) is 0 Å². The van der Waals surface area contributed by atoms with Gasteiger partial charge in [0.1, 0.15) is 29.3 Å². The summed E-state index contributed by atoms with van der Waals surface area (Å²) in [6, 6.07) is 3.15. The van der Waals surface area contributed by atoms with Gasteiger partial charge in [-0.05, 0) is 54.5 Å². The molecule has 0 radical (unpaired) electrons. The summed E-state index contributed by atoms with van der Waals surface area (Å²) in [6.07, 6.45) is -2.57. The number of alkyl halides is 3. The zero-order chi connectivity index (χ0) is 30.2. The van der Waals surface area contributed by atoms with E-state index in [1.165, 1.54) is 10.7 Å². The zero-order valence-electron chi connectivity index (χ0n) is 23.9. The van der Waals surface area contributed by atoms with Gasteiger partial charge in [0.15, 0.2) is 12.3 Å². The molecule has 0 saturated carbocycles. The number of hydrogen-bond acceptors (Lipinski definition) is 11. The molecule has 0 bridgehead atoms. The second-order valence-electron chi connectivity index (χ2n) is 11.1. The number of rotatable bonds is 8. The quantitative estimate of drug-likeness (QED) is 0.279. The lowest BCUT2D eigenvalue weighted by Gasteiger charge is -2.24. The Morgan fingerprint density at radius 3 is 2.27 bits per heavy atom. The van der Waals surface area contributed by atoms with Gasteiger partial charge in [-0.15, -0.1) is 15.3 Å². The fraction of sp³-hybridized carbons (Fsp3) is 0.500. The van der Waals surface area contributed by atoms with E-state index in [9.17, 15) is 13.2 Å². The summed E-state index contributed by atoms with van der Waals surface area (Å²) in [7, 11) is 1.68. The number of aryl methyl sites for hydroxylation is 1. The van der Waals surface area contributed by atoms with Gasteiger partial charge in [-0.25, -0.2) is 19.6 Å². The van der Waals surface area contributed by atoms with Crippen LogP contribution >= 0.6 is 0 Å². The van der Waals surface area contributed by atoms with E-state index in [2.05, 4.69) is 35.2 Å². The number of ether oxygens (including phenoxy) is 4. The van der Waals surface area contributed by atoms with Crippen LogP contribution in [0, 0.1) is 0 Å². The minimum absolute atomic E-state index is 0.150. The Balaban J connectivity index is 1.67. The normalized spacial score (nSPS) is 13.2. The van der Waals surface area contributed by atoms with Crippen molar-refractivity contribution in [2.45, 2.75) is 71.9 Å². The summed E-state index contributed by atoms with van der Waals surface area (Å²) >= 11 is 0. The molecule has 15 heteroatoms. The van der Waals surface area contributed by atoms with Crippen LogP contribution in [0.2, 0.25) is 0 Å². The molecule has 0 aliphatic rings. The Morgan fingerprint density at radius 1 is 0.902 bits per heavy atom. The second kappa shape index (κ2) is 10.9. The molecule has 41 heavy (non-hydrogen) atoms. The number of fused-ring (bicyclic) bond motifs is 1. The van der Waals surface area contributed by atoms with Crippen molar-refractivity contribution in [2.75, 3.05) is 6.61 Å². The maximum absolute atomic E-state index is 12.5. The van der Waals surface area contributed by atoms with Crippen LogP contribution in [0.15, 0.2) is 24.7 Å². The molecule has 0 N–H and O–H groups in total. The van der Waals surface area contributed by atoms with Gasteiger partial charge in [0.05, 0.1) is 16.6 Å². The SMILES string of the molecule is CC(Oc1nn(C)c2nnc(-c3cnc(OC(C)(C)C)nc3OC(C)(C)C)cc12)c1cc(OCC(F)(F)F)ncn1. The first-order valence-electron chi connectivity index (χ1n) is 12.6. The standard InChI is InChI=1S/C26H31F3N8O4/c1-14(17-10-19(32-13-31-17)38-12-26(27,28)29)39-22-15-9-18(34-35-20(15)37(8)36-22)16-11-30-23(41-25(5,6)7)33-21(16)40-24(2,3)4/h9-11,13-14H,12H2,1-8H3. The molecule has 1 atom stereocenters. The lowest BCUT2D eigenvalue weighted by atomic mass is 10.1. The molecule has 0 aliphatic heterocycles. The van der Waals surface area contributed by atoms with Crippen molar-refractivity contribution in [3.8, 4) is 34.9 Å². The van der Waals surface area contributed by atoms with E-state index in [0.717, 1.165) is 6.33 Å². The molecule has 0 amide bonds. The molecule has 4 rings (SSSR count). The maximum Gasteiger partial charge on any atom is 0.422 e. The molecule has 0 spiro atoms. The van der Waals surface area contributed by atoms with Gasteiger partial charge in [0.25, 0.3) is 0 Å². The van der Waals surface area contributed by atoms with Crippen molar-refractivity contribution in [1.29, 1.82) is 0 Å². The van der Waals surface area contributed by atoms with Gasteiger partial charge in [0.2, 0.25) is 17.6 Å². The molecular weight excluding hydrogens is 545 g/mol. The number of aromatic nitrogens is 8. The number of halogens is 3. The maximum atomic E-state index is 12.5. The van der Waals surface area contributed by atoms with Crippen molar-refractivity contribution in [3.63, 3.8) is 0 Å². The average Bonchev–Trinajstić information content (AvgIpc) is 3.15. The van der Waals surface area contributed by atoms with Gasteiger partial charge in [-0.2, -0.15) is 18.2 Å². The molecule has 0 fully saturated rings. The van der Waals surface area contributed by atoms with E-state index < -0.39 is 30.1 Å². The van der Waals surface area contributed by atoms with Crippen LogP contribution in [-0.4, -0.2) is 63.9 Å². The molecule has 0 saturated heterocycles. The van der Waals surface area contributed by atoms with Crippen LogP contribution in [0.4, 0.5) is 13.2 Å². The number of nitrogens with zero attached hydrogens (tertiary/aromatic N) is 8. The highest BCUT2D eigenvalue weighted by Gasteiger charge is 2.29. The van der Waals surface area contributed by atoms with Gasteiger partial charge in [-0.1, -0.05) is 0 Å². The van der Waals surface area contributed by atoms with E-state index in [1.807, 2.05) is 41.5 Å². The molecule has 4 heterocycles. The Hall–Kier alpha value is -4.30. The third-order valence-corrected chi connectivity index (χ3v) is 5.11. The summed E-state index contributed by atoms with van der Waals surface area (Å²) in [5.41, 5.74) is 0.488. The fourth-order valence-corrected chi connectivity index (χ4v) is 3.49.